The van der Waals surface area contributed by atoms with Gasteiger partial charge in [-0.15, -0.1) is 0 Å². The number of hydrogen-bond acceptors (Lipinski definition) is 6. The first kappa shape index (κ1) is 20.7. The molecule has 0 aromatic heterocycles. The highest BCUT2D eigenvalue weighted by Crippen LogP contribution is 2.23. The number of ether oxygens (including phenoxy) is 2. The van der Waals surface area contributed by atoms with Crippen LogP contribution in [0.2, 0.25) is 0 Å². The molecule has 0 bridgehead atoms. The average Bonchev–Trinajstić information content (AvgIpc) is 3.13. The zero-order valence-corrected chi connectivity index (χ0v) is 18.2. The molecule has 0 saturated heterocycles. The van der Waals surface area contributed by atoms with E-state index in [1.165, 1.54) is 24.3 Å². The molecule has 0 aliphatic carbocycles. The molecule has 3 aromatic carbocycles. The summed E-state index contributed by atoms with van der Waals surface area (Å²) in [7, 11) is 0. The third kappa shape index (κ3) is 4.97. The van der Waals surface area contributed by atoms with Crippen molar-refractivity contribution in [3.63, 3.8) is 0 Å². The second-order valence-electron chi connectivity index (χ2n) is 6.59. The average molecular weight is 526 g/mol. The number of carbonyl (C=O) groups is 1. The van der Waals surface area contributed by atoms with Crippen molar-refractivity contribution in [3.8, 4) is 5.75 Å². The Morgan fingerprint density at radius 2 is 1.84 bits per heavy atom. The fourth-order valence-corrected chi connectivity index (χ4v) is 3.43. The number of carbonyl (C=O) groups excluding carboxylic acids is 1. The van der Waals surface area contributed by atoms with Crippen LogP contribution in [0.25, 0.3) is 6.08 Å². The second kappa shape index (κ2) is 9.09. The predicted octanol–water partition coefficient (Wildman–Crippen LogP) is 5.12. The van der Waals surface area contributed by atoms with Gasteiger partial charge in [0.15, 0.2) is 5.70 Å². The highest BCUT2D eigenvalue weighted by Gasteiger charge is 2.24. The molecule has 0 radical (unpaired) electrons. The Balaban J connectivity index is 1.51. The lowest BCUT2D eigenvalue weighted by atomic mass is 10.2. The Bertz CT molecular complexity index is 1220. The van der Waals surface area contributed by atoms with Crippen LogP contribution in [0.5, 0.6) is 5.75 Å². The minimum Gasteiger partial charge on any atom is -0.489 e. The van der Waals surface area contributed by atoms with Crippen LogP contribution in [0.3, 0.4) is 0 Å². The summed E-state index contributed by atoms with van der Waals surface area (Å²) in [4.78, 5) is 26.8. The molecule has 1 aliphatic heterocycles. The number of nitro groups is 1. The molecule has 0 N–H and O–H groups in total. The van der Waals surface area contributed by atoms with Crippen LogP contribution in [0.15, 0.2) is 83.5 Å². The van der Waals surface area contributed by atoms with Gasteiger partial charge in [-0.25, -0.2) is 9.79 Å². The monoisotopic (exact) mass is 526 g/mol. The van der Waals surface area contributed by atoms with Gasteiger partial charge in [0.25, 0.3) is 5.69 Å². The van der Waals surface area contributed by atoms with Gasteiger partial charge in [0, 0.05) is 26.8 Å². The summed E-state index contributed by atoms with van der Waals surface area (Å²) in [5.74, 6) is 0.190. The smallest absolute Gasteiger partial charge is 0.363 e. The quantitative estimate of drug-likeness (QED) is 0.146. The number of non-ortho nitro benzene ring substituents is 1. The maximum Gasteiger partial charge on any atom is 0.363 e. The number of nitrogens with zero attached hydrogens (tertiary/aromatic N) is 2. The number of rotatable bonds is 6. The fraction of sp³-hybridized carbons (Fsp3) is 0.0435. The SMILES string of the molecule is O=C1OC(c2ccc([N+](=O)[O-])cc2)=N/C1=C\c1cccc(OCc2ccccc2I)c1. The second-order valence-corrected chi connectivity index (χ2v) is 7.75. The van der Waals surface area contributed by atoms with Gasteiger partial charge < -0.3 is 9.47 Å². The van der Waals surface area contributed by atoms with Crippen LogP contribution in [0.4, 0.5) is 5.69 Å². The maximum atomic E-state index is 12.2. The van der Waals surface area contributed by atoms with Crippen molar-refractivity contribution < 1.29 is 19.2 Å². The first-order valence-electron chi connectivity index (χ1n) is 9.23. The first-order valence-corrected chi connectivity index (χ1v) is 10.3. The van der Waals surface area contributed by atoms with E-state index in [0.717, 1.165) is 14.7 Å². The third-order valence-electron chi connectivity index (χ3n) is 4.46. The van der Waals surface area contributed by atoms with Crippen LogP contribution in [-0.4, -0.2) is 16.8 Å². The van der Waals surface area contributed by atoms with E-state index in [4.69, 9.17) is 9.47 Å². The van der Waals surface area contributed by atoms with Gasteiger partial charge in [0.1, 0.15) is 12.4 Å². The van der Waals surface area contributed by atoms with Gasteiger partial charge in [0.2, 0.25) is 5.90 Å². The molecule has 0 atom stereocenters. The summed E-state index contributed by atoms with van der Waals surface area (Å²) < 4.78 is 12.2. The Kier molecular flexibility index (Phi) is 6.08. The molecule has 7 nitrogen and oxygen atoms in total. The zero-order chi connectivity index (χ0) is 21.8. The van der Waals surface area contributed by atoms with Gasteiger partial charge in [-0.2, -0.15) is 0 Å². The van der Waals surface area contributed by atoms with Crippen molar-refractivity contribution in [2.24, 2.45) is 4.99 Å². The summed E-state index contributed by atoms with van der Waals surface area (Å²) in [6, 6.07) is 21.0. The molecule has 8 heteroatoms. The topological polar surface area (TPSA) is 91.0 Å². The van der Waals surface area contributed by atoms with E-state index in [0.29, 0.717) is 17.9 Å². The number of hydrogen-bond donors (Lipinski definition) is 0. The van der Waals surface area contributed by atoms with Crippen LogP contribution in [-0.2, 0) is 16.1 Å². The molecule has 0 spiro atoms. The highest BCUT2D eigenvalue weighted by molar-refractivity contribution is 14.1. The van der Waals surface area contributed by atoms with Gasteiger partial charge in [-0.05, 0) is 64.6 Å². The number of benzene rings is 3. The summed E-state index contributed by atoms with van der Waals surface area (Å²) >= 11 is 2.27. The van der Waals surface area contributed by atoms with Crippen LogP contribution < -0.4 is 4.74 Å². The summed E-state index contributed by atoms with van der Waals surface area (Å²) in [6.07, 6.45) is 1.61. The zero-order valence-electron chi connectivity index (χ0n) is 16.0. The minimum atomic E-state index is -0.585. The van der Waals surface area contributed by atoms with E-state index in [2.05, 4.69) is 27.6 Å². The van der Waals surface area contributed by atoms with Crippen molar-refractivity contribution in [3.05, 3.63) is 109 Å². The first-order chi connectivity index (χ1) is 15.0. The largest absolute Gasteiger partial charge is 0.489 e. The summed E-state index contributed by atoms with van der Waals surface area (Å²) in [5.41, 5.74) is 2.40. The molecular formula is C23H15IN2O5. The van der Waals surface area contributed by atoms with E-state index in [9.17, 15) is 14.9 Å². The van der Waals surface area contributed by atoms with Crippen LogP contribution in [0.1, 0.15) is 16.7 Å². The normalized spacial score (nSPS) is 14.3. The third-order valence-corrected chi connectivity index (χ3v) is 5.51. The molecule has 0 unspecified atom stereocenters. The van der Waals surface area contributed by atoms with Crippen molar-refractivity contribution in [2.75, 3.05) is 0 Å². The minimum absolute atomic E-state index is 0.0496. The van der Waals surface area contributed by atoms with Crippen LogP contribution in [0, 0.1) is 13.7 Å². The molecule has 31 heavy (non-hydrogen) atoms. The lowest BCUT2D eigenvalue weighted by Crippen LogP contribution is -2.05. The van der Waals surface area contributed by atoms with E-state index in [1.807, 2.05) is 48.5 Å². The van der Waals surface area contributed by atoms with Crippen molar-refractivity contribution >= 4 is 46.2 Å². The molecule has 154 valence electrons. The molecule has 0 saturated carbocycles. The van der Waals surface area contributed by atoms with E-state index < -0.39 is 10.9 Å². The highest BCUT2D eigenvalue weighted by atomic mass is 127. The predicted molar refractivity (Wildman–Crippen MR) is 124 cm³/mol. The molecule has 1 heterocycles. The van der Waals surface area contributed by atoms with Crippen LogP contribution >= 0.6 is 22.6 Å². The van der Waals surface area contributed by atoms with Gasteiger partial charge in [-0.3, -0.25) is 10.1 Å². The Morgan fingerprint density at radius 1 is 1.06 bits per heavy atom. The molecule has 0 fully saturated rings. The van der Waals surface area contributed by atoms with E-state index >= 15 is 0 Å². The fourth-order valence-electron chi connectivity index (χ4n) is 2.89. The molecule has 4 rings (SSSR count). The Hall–Kier alpha value is -3.53. The molecular weight excluding hydrogens is 511 g/mol. The standard InChI is InChI=1S/C23H15IN2O5/c24-20-7-2-1-5-17(20)14-30-19-6-3-4-15(12-19)13-21-23(27)31-22(25-21)16-8-10-18(11-9-16)26(28)29/h1-13H,14H2/b21-13-. The molecule has 1 aliphatic rings. The number of cyclic esters (lactones) is 1. The van der Waals surface area contributed by atoms with E-state index in [-0.39, 0.29) is 17.3 Å². The van der Waals surface area contributed by atoms with E-state index in [1.54, 1.807) is 6.08 Å². The van der Waals surface area contributed by atoms with Crippen molar-refractivity contribution in [1.29, 1.82) is 0 Å². The maximum absolute atomic E-state index is 12.2. The lowest BCUT2D eigenvalue weighted by Gasteiger charge is -2.08. The Morgan fingerprint density at radius 3 is 2.58 bits per heavy atom. The number of halogens is 1. The summed E-state index contributed by atoms with van der Waals surface area (Å²) in [5, 5.41) is 10.8. The Labute approximate surface area is 191 Å². The number of esters is 1. The van der Waals surface area contributed by atoms with Crippen molar-refractivity contribution in [1.82, 2.24) is 0 Å². The summed E-state index contributed by atoms with van der Waals surface area (Å²) in [6.45, 7) is 0.434. The van der Waals surface area contributed by atoms with Gasteiger partial charge >= 0.3 is 5.97 Å². The molecule has 3 aromatic rings. The lowest BCUT2D eigenvalue weighted by molar-refractivity contribution is -0.384. The molecule has 0 amide bonds. The van der Waals surface area contributed by atoms with Gasteiger partial charge in [0.05, 0.1) is 4.92 Å². The van der Waals surface area contributed by atoms with Crippen molar-refractivity contribution in [2.45, 2.75) is 6.61 Å². The van der Waals surface area contributed by atoms with Gasteiger partial charge in [-0.1, -0.05) is 30.3 Å². The number of nitro benzene ring substituents is 1. The number of aliphatic imine (C=N–C) groups is 1.